The molecule has 0 saturated carbocycles. The highest BCUT2D eigenvalue weighted by atomic mass is 15.0. The van der Waals surface area contributed by atoms with E-state index in [1.165, 1.54) is 0 Å². The summed E-state index contributed by atoms with van der Waals surface area (Å²) < 4.78 is 0. The van der Waals surface area contributed by atoms with Crippen LogP contribution in [0.4, 0.5) is 5.82 Å². The van der Waals surface area contributed by atoms with Crippen LogP contribution < -0.4 is 5.73 Å². The van der Waals surface area contributed by atoms with E-state index in [-0.39, 0.29) is 0 Å². The summed E-state index contributed by atoms with van der Waals surface area (Å²) in [5, 5.41) is 0. The summed E-state index contributed by atoms with van der Waals surface area (Å²) in [6, 6.07) is 5.79. The molecule has 2 aromatic heterocycles. The number of nitrogens with zero attached hydrogens (tertiary/aromatic N) is 4. The van der Waals surface area contributed by atoms with Gasteiger partial charge in [0.25, 0.3) is 0 Å². The van der Waals surface area contributed by atoms with Crippen molar-refractivity contribution in [3.63, 3.8) is 0 Å². The first-order chi connectivity index (χ1) is 9.69. The molecule has 3 rings (SSSR count). The summed E-state index contributed by atoms with van der Waals surface area (Å²) in [4.78, 5) is 17.5. The number of fused-ring (bicyclic) bond motifs is 1. The number of hydrogen-bond acceptors (Lipinski definition) is 5. The Bertz CT molecular complexity index is 759. The van der Waals surface area contributed by atoms with E-state index < -0.39 is 0 Å². The Morgan fingerprint density at radius 1 is 1.05 bits per heavy atom. The fourth-order valence-corrected chi connectivity index (χ4v) is 2.29. The van der Waals surface area contributed by atoms with Crippen molar-refractivity contribution in [2.45, 2.75) is 20.3 Å². The number of rotatable bonds is 2. The number of anilines is 1. The minimum absolute atomic E-state index is 0.550. The number of benzene rings is 1. The van der Waals surface area contributed by atoms with Gasteiger partial charge in [0.15, 0.2) is 5.82 Å². The fourth-order valence-electron chi connectivity index (χ4n) is 2.29. The van der Waals surface area contributed by atoms with Gasteiger partial charge in [-0.25, -0.2) is 9.97 Å². The highest BCUT2D eigenvalue weighted by Gasteiger charge is 2.10. The number of nitrogens with two attached hydrogens (primary N) is 1. The molecule has 1 aromatic carbocycles. The van der Waals surface area contributed by atoms with Gasteiger partial charge in [0.2, 0.25) is 0 Å². The molecular formula is C15H15N5. The van der Waals surface area contributed by atoms with Crippen molar-refractivity contribution in [3.05, 3.63) is 41.9 Å². The normalized spacial score (nSPS) is 10.9. The Morgan fingerprint density at radius 3 is 2.50 bits per heavy atom. The maximum atomic E-state index is 6.00. The van der Waals surface area contributed by atoms with Gasteiger partial charge in [-0.05, 0) is 31.5 Å². The summed E-state index contributed by atoms with van der Waals surface area (Å²) in [7, 11) is 0. The van der Waals surface area contributed by atoms with Gasteiger partial charge >= 0.3 is 0 Å². The Hall–Kier alpha value is -2.56. The van der Waals surface area contributed by atoms with Crippen molar-refractivity contribution in [2.75, 3.05) is 5.73 Å². The Kier molecular flexibility index (Phi) is 3.02. The molecule has 0 aliphatic rings. The van der Waals surface area contributed by atoms with E-state index in [2.05, 4.69) is 19.9 Å². The molecule has 100 valence electrons. The summed E-state index contributed by atoms with van der Waals surface area (Å²) in [5.41, 5.74) is 10.5. The predicted octanol–water partition coefficient (Wildman–Crippen LogP) is 2.54. The standard InChI is InChI=1S/C15H15N5/c1-3-11-9(2)19-15(20-14(11)16)10-4-5-12-13(8-10)18-7-6-17-12/h4-8H,3H2,1-2H3,(H2,16,19,20). The van der Waals surface area contributed by atoms with Crippen LogP contribution in [0.25, 0.3) is 22.4 Å². The SMILES string of the molecule is CCc1c(C)nc(-c2ccc3nccnc3c2)nc1N. The summed E-state index contributed by atoms with van der Waals surface area (Å²) in [5.74, 6) is 1.18. The van der Waals surface area contributed by atoms with E-state index in [4.69, 9.17) is 5.73 Å². The molecule has 0 unspecified atom stereocenters. The molecule has 5 nitrogen and oxygen atoms in total. The van der Waals surface area contributed by atoms with Gasteiger partial charge in [-0.2, -0.15) is 0 Å². The second-order valence-corrected chi connectivity index (χ2v) is 4.61. The molecule has 0 fully saturated rings. The van der Waals surface area contributed by atoms with Crippen molar-refractivity contribution in [1.82, 2.24) is 19.9 Å². The number of nitrogen functional groups attached to an aromatic ring is 1. The van der Waals surface area contributed by atoms with Gasteiger partial charge < -0.3 is 5.73 Å². The second kappa shape index (κ2) is 4.85. The lowest BCUT2D eigenvalue weighted by atomic mass is 10.1. The van der Waals surface area contributed by atoms with Crippen LogP contribution in [-0.4, -0.2) is 19.9 Å². The Labute approximate surface area is 116 Å². The summed E-state index contributed by atoms with van der Waals surface area (Å²) in [6.07, 6.45) is 4.19. The number of hydrogen-bond donors (Lipinski definition) is 1. The highest BCUT2D eigenvalue weighted by molar-refractivity contribution is 5.79. The van der Waals surface area contributed by atoms with Crippen molar-refractivity contribution in [2.24, 2.45) is 0 Å². The second-order valence-electron chi connectivity index (χ2n) is 4.61. The lowest BCUT2D eigenvalue weighted by Crippen LogP contribution is -2.04. The molecule has 0 aliphatic carbocycles. The van der Waals surface area contributed by atoms with Gasteiger partial charge in [-0.3, -0.25) is 9.97 Å². The van der Waals surface area contributed by atoms with E-state index in [1.807, 2.05) is 32.0 Å². The first-order valence-electron chi connectivity index (χ1n) is 6.53. The third-order valence-electron chi connectivity index (χ3n) is 3.33. The Morgan fingerprint density at radius 2 is 1.80 bits per heavy atom. The lowest BCUT2D eigenvalue weighted by Gasteiger charge is -2.09. The van der Waals surface area contributed by atoms with Crippen molar-refractivity contribution in [1.29, 1.82) is 0 Å². The Balaban J connectivity index is 2.15. The zero-order valence-corrected chi connectivity index (χ0v) is 11.5. The molecule has 0 aliphatic heterocycles. The molecule has 0 amide bonds. The molecular weight excluding hydrogens is 250 g/mol. The average Bonchev–Trinajstić information content (AvgIpc) is 2.46. The van der Waals surface area contributed by atoms with E-state index >= 15 is 0 Å². The van der Waals surface area contributed by atoms with E-state index in [1.54, 1.807) is 12.4 Å². The highest BCUT2D eigenvalue weighted by Crippen LogP contribution is 2.23. The third-order valence-corrected chi connectivity index (χ3v) is 3.33. The van der Waals surface area contributed by atoms with E-state index in [9.17, 15) is 0 Å². The lowest BCUT2D eigenvalue weighted by molar-refractivity contribution is 1.01. The molecule has 0 bridgehead atoms. The fraction of sp³-hybridized carbons (Fsp3) is 0.200. The first kappa shape index (κ1) is 12.5. The van der Waals surface area contributed by atoms with Gasteiger partial charge in [-0.15, -0.1) is 0 Å². The van der Waals surface area contributed by atoms with Crippen LogP contribution in [0.3, 0.4) is 0 Å². The van der Waals surface area contributed by atoms with Gasteiger partial charge in [0, 0.05) is 29.2 Å². The number of aromatic nitrogens is 4. The molecule has 0 radical (unpaired) electrons. The van der Waals surface area contributed by atoms with Crippen molar-refractivity contribution in [3.8, 4) is 11.4 Å². The molecule has 2 heterocycles. The van der Waals surface area contributed by atoms with Crippen molar-refractivity contribution >= 4 is 16.9 Å². The third kappa shape index (κ3) is 2.07. The van der Waals surface area contributed by atoms with Gasteiger partial charge in [0.05, 0.1) is 11.0 Å². The zero-order chi connectivity index (χ0) is 14.1. The minimum atomic E-state index is 0.550. The van der Waals surface area contributed by atoms with Crippen LogP contribution in [0.15, 0.2) is 30.6 Å². The van der Waals surface area contributed by atoms with Crippen LogP contribution in [0.5, 0.6) is 0 Å². The maximum Gasteiger partial charge on any atom is 0.161 e. The average molecular weight is 265 g/mol. The molecule has 0 atom stereocenters. The molecule has 0 spiro atoms. The van der Waals surface area contributed by atoms with Gasteiger partial charge in [0.1, 0.15) is 5.82 Å². The summed E-state index contributed by atoms with van der Waals surface area (Å²) >= 11 is 0. The maximum absolute atomic E-state index is 6.00. The first-order valence-corrected chi connectivity index (χ1v) is 6.53. The quantitative estimate of drug-likeness (QED) is 0.770. The minimum Gasteiger partial charge on any atom is -0.383 e. The van der Waals surface area contributed by atoms with Crippen LogP contribution in [0.1, 0.15) is 18.2 Å². The van der Waals surface area contributed by atoms with Crippen LogP contribution in [0.2, 0.25) is 0 Å². The molecule has 5 heteroatoms. The largest absolute Gasteiger partial charge is 0.383 e. The molecule has 2 N–H and O–H groups in total. The van der Waals surface area contributed by atoms with E-state index in [0.29, 0.717) is 11.6 Å². The number of aryl methyl sites for hydroxylation is 1. The van der Waals surface area contributed by atoms with Crippen LogP contribution >= 0.6 is 0 Å². The smallest absolute Gasteiger partial charge is 0.161 e. The summed E-state index contributed by atoms with van der Waals surface area (Å²) in [6.45, 7) is 4.01. The molecule has 0 saturated heterocycles. The predicted molar refractivity (Wildman–Crippen MR) is 79.1 cm³/mol. The van der Waals surface area contributed by atoms with E-state index in [0.717, 1.165) is 34.3 Å². The van der Waals surface area contributed by atoms with Crippen LogP contribution in [-0.2, 0) is 6.42 Å². The van der Waals surface area contributed by atoms with Gasteiger partial charge in [-0.1, -0.05) is 6.92 Å². The van der Waals surface area contributed by atoms with Crippen molar-refractivity contribution < 1.29 is 0 Å². The monoisotopic (exact) mass is 265 g/mol. The molecule has 20 heavy (non-hydrogen) atoms. The topological polar surface area (TPSA) is 77.6 Å². The molecule has 3 aromatic rings. The van der Waals surface area contributed by atoms with Crippen LogP contribution in [0, 0.1) is 6.92 Å². The zero-order valence-electron chi connectivity index (χ0n) is 11.5.